The van der Waals surface area contributed by atoms with E-state index in [4.69, 9.17) is 0 Å². The van der Waals surface area contributed by atoms with Crippen LogP contribution < -0.4 is 10.6 Å². The maximum absolute atomic E-state index is 12.5. The monoisotopic (exact) mass is 258 g/mol. The van der Waals surface area contributed by atoms with Gasteiger partial charge in [-0.15, -0.1) is 0 Å². The summed E-state index contributed by atoms with van der Waals surface area (Å²) in [5, 5.41) is 6.59. The molecule has 0 saturated heterocycles. The summed E-state index contributed by atoms with van der Waals surface area (Å²) in [6.07, 6.45) is 3.54. The molecule has 2 unspecified atom stereocenters. The second-order valence-corrected chi connectivity index (χ2v) is 6.46. The second-order valence-electron chi connectivity index (χ2n) is 6.46. The molecule has 102 valence electrons. The number of carbonyl (C=O) groups is 1. The van der Waals surface area contributed by atoms with Crippen LogP contribution in [-0.4, -0.2) is 18.5 Å². The zero-order valence-corrected chi connectivity index (χ0v) is 11.7. The molecular formula is C16H22N2O. The lowest BCUT2D eigenvalue weighted by atomic mass is 9.87. The van der Waals surface area contributed by atoms with Crippen LogP contribution in [0.15, 0.2) is 24.3 Å². The number of fused-ring (bicyclic) bond motifs is 1. The number of amides is 1. The van der Waals surface area contributed by atoms with E-state index in [0.29, 0.717) is 6.04 Å². The van der Waals surface area contributed by atoms with Gasteiger partial charge in [-0.2, -0.15) is 0 Å². The van der Waals surface area contributed by atoms with E-state index >= 15 is 0 Å². The molecule has 3 nitrogen and oxygen atoms in total. The molecule has 0 radical (unpaired) electrons. The number of hydrogen-bond acceptors (Lipinski definition) is 2. The van der Waals surface area contributed by atoms with Gasteiger partial charge in [0.15, 0.2) is 0 Å². The van der Waals surface area contributed by atoms with Gasteiger partial charge < -0.3 is 10.6 Å². The third kappa shape index (κ3) is 2.22. The fraction of sp³-hybridized carbons (Fsp3) is 0.562. The summed E-state index contributed by atoms with van der Waals surface area (Å²) in [4.78, 5) is 12.5. The molecule has 1 amide bonds. The summed E-state index contributed by atoms with van der Waals surface area (Å²) in [7, 11) is 0. The van der Waals surface area contributed by atoms with Crippen LogP contribution in [0.2, 0.25) is 0 Å². The van der Waals surface area contributed by atoms with Gasteiger partial charge >= 0.3 is 0 Å². The van der Waals surface area contributed by atoms with E-state index in [1.165, 1.54) is 12.8 Å². The van der Waals surface area contributed by atoms with Gasteiger partial charge in [-0.05, 0) is 29.9 Å². The van der Waals surface area contributed by atoms with Gasteiger partial charge in [-0.1, -0.05) is 38.5 Å². The Morgan fingerprint density at radius 3 is 2.89 bits per heavy atom. The Kier molecular flexibility index (Phi) is 3.00. The maximum Gasteiger partial charge on any atom is 0.229 e. The quantitative estimate of drug-likeness (QED) is 0.856. The van der Waals surface area contributed by atoms with Crippen LogP contribution in [0.4, 0.5) is 5.69 Å². The number of anilines is 1. The standard InChI is InChI=1S/C16H22N2O/c1-16(2)9-5-8-14(16)18-15(19)12-10-17-13-7-4-3-6-11(12)13/h3-4,6-7,12,14,17H,5,8-10H2,1-2H3,(H,18,19). The molecule has 19 heavy (non-hydrogen) atoms. The number of rotatable bonds is 2. The third-order valence-corrected chi connectivity index (χ3v) is 4.72. The molecule has 0 bridgehead atoms. The van der Waals surface area contributed by atoms with Crippen molar-refractivity contribution in [2.75, 3.05) is 11.9 Å². The summed E-state index contributed by atoms with van der Waals surface area (Å²) >= 11 is 0. The first-order valence-corrected chi connectivity index (χ1v) is 7.21. The van der Waals surface area contributed by atoms with Gasteiger partial charge in [0.05, 0.1) is 5.92 Å². The molecule has 3 rings (SSSR count). The van der Waals surface area contributed by atoms with Gasteiger partial charge in [-0.25, -0.2) is 0 Å². The van der Waals surface area contributed by atoms with Crippen molar-refractivity contribution in [1.29, 1.82) is 0 Å². The van der Waals surface area contributed by atoms with Crippen molar-refractivity contribution in [3.05, 3.63) is 29.8 Å². The Morgan fingerprint density at radius 2 is 2.16 bits per heavy atom. The lowest BCUT2D eigenvalue weighted by molar-refractivity contribution is -0.123. The zero-order valence-electron chi connectivity index (χ0n) is 11.7. The highest BCUT2D eigenvalue weighted by Crippen LogP contribution is 2.38. The maximum atomic E-state index is 12.5. The van der Waals surface area contributed by atoms with E-state index in [2.05, 4.69) is 30.5 Å². The minimum absolute atomic E-state index is 0.0346. The number of para-hydroxylation sites is 1. The second kappa shape index (κ2) is 4.55. The van der Waals surface area contributed by atoms with Crippen molar-refractivity contribution >= 4 is 11.6 Å². The summed E-state index contributed by atoms with van der Waals surface area (Å²) in [6.45, 7) is 5.23. The van der Waals surface area contributed by atoms with Crippen LogP contribution in [0, 0.1) is 5.41 Å². The van der Waals surface area contributed by atoms with E-state index in [-0.39, 0.29) is 17.2 Å². The highest BCUT2D eigenvalue weighted by Gasteiger charge is 2.37. The topological polar surface area (TPSA) is 41.1 Å². The van der Waals surface area contributed by atoms with E-state index in [0.717, 1.165) is 24.2 Å². The predicted molar refractivity (Wildman–Crippen MR) is 77.2 cm³/mol. The van der Waals surface area contributed by atoms with Crippen LogP contribution in [0.5, 0.6) is 0 Å². The van der Waals surface area contributed by atoms with E-state index < -0.39 is 0 Å². The fourth-order valence-corrected chi connectivity index (χ4v) is 3.38. The van der Waals surface area contributed by atoms with Gasteiger partial charge in [-0.3, -0.25) is 4.79 Å². The van der Waals surface area contributed by atoms with Crippen LogP contribution in [0.25, 0.3) is 0 Å². The number of nitrogens with one attached hydrogen (secondary N) is 2. The Bertz CT molecular complexity index is 495. The van der Waals surface area contributed by atoms with Crippen LogP contribution >= 0.6 is 0 Å². The molecule has 2 N–H and O–H groups in total. The molecule has 1 aromatic rings. The van der Waals surface area contributed by atoms with Crippen molar-refractivity contribution in [2.24, 2.45) is 5.41 Å². The van der Waals surface area contributed by atoms with Crippen LogP contribution in [-0.2, 0) is 4.79 Å². The summed E-state index contributed by atoms with van der Waals surface area (Å²) in [6, 6.07) is 8.44. The van der Waals surface area contributed by atoms with Crippen LogP contribution in [0.3, 0.4) is 0 Å². The minimum atomic E-state index is -0.0346. The van der Waals surface area contributed by atoms with E-state index in [1.54, 1.807) is 0 Å². The molecule has 3 heteroatoms. The van der Waals surface area contributed by atoms with Crippen molar-refractivity contribution in [1.82, 2.24) is 5.32 Å². The van der Waals surface area contributed by atoms with Crippen molar-refractivity contribution in [2.45, 2.75) is 45.1 Å². The van der Waals surface area contributed by atoms with Crippen molar-refractivity contribution < 1.29 is 4.79 Å². The highest BCUT2D eigenvalue weighted by molar-refractivity contribution is 5.88. The molecular weight excluding hydrogens is 236 g/mol. The van der Waals surface area contributed by atoms with Crippen molar-refractivity contribution in [3.8, 4) is 0 Å². The zero-order chi connectivity index (χ0) is 13.5. The van der Waals surface area contributed by atoms with Crippen molar-refractivity contribution in [3.63, 3.8) is 0 Å². The fourth-order valence-electron chi connectivity index (χ4n) is 3.38. The normalized spacial score (nSPS) is 27.7. The molecule has 1 aliphatic heterocycles. The SMILES string of the molecule is CC1(C)CCCC1NC(=O)C1CNc2ccccc21. The lowest BCUT2D eigenvalue weighted by Gasteiger charge is -2.28. The molecule has 1 aliphatic carbocycles. The number of carbonyl (C=O) groups excluding carboxylic acids is 1. The highest BCUT2D eigenvalue weighted by atomic mass is 16.2. The lowest BCUT2D eigenvalue weighted by Crippen LogP contribution is -2.43. The van der Waals surface area contributed by atoms with E-state index in [9.17, 15) is 4.79 Å². The summed E-state index contributed by atoms with van der Waals surface area (Å²) in [5.74, 6) is 0.144. The largest absolute Gasteiger partial charge is 0.384 e. The average Bonchev–Trinajstić information content (AvgIpc) is 2.93. The van der Waals surface area contributed by atoms with Gasteiger partial charge in [0, 0.05) is 18.3 Å². The van der Waals surface area contributed by atoms with Crippen LogP contribution in [0.1, 0.15) is 44.6 Å². The molecule has 0 spiro atoms. The first-order valence-electron chi connectivity index (χ1n) is 7.21. The molecule has 0 aromatic heterocycles. The Balaban J connectivity index is 1.73. The van der Waals surface area contributed by atoms with Gasteiger partial charge in [0.1, 0.15) is 0 Å². The number of hydrogen-bond donors (Lipinski definition) is 2. The average molecular weight is 258 g/mol. The molecule has 1 aromatic carbocycles. The summed E-state index contributed by atoms with van der Waals surface area (Å²) < 4.78 is 0. The first-order chi connectivity index (χ1) is 9.08. The van der Waals surface area contributed by atoms with Gasteiger partial charge in [0.2, 0.25) is 5.91 Å². The Labute approximate surface area is 114 Å². The summed E-state index contributed by atoms with van der Waals surface area (Å²) in [5.41, 5.74) is 2.48. The van der Waals surface area contributed by atoms with E-state index in [1.807, 2.05) is 18.2 Å². The molecule has 1 heterocycles. The molecule has 1 saturated carbocycles. The predicted octanol–water partition coefficient (Wildman–Crippen LogP) is 2.89. The smallest absolute Gasteiger partial charge is 0.229 e. The molecule has 1 fully saturated rings. The molecule has 2 atom stereocenters. The third-order valence-electron chi connectivity index (χ3n) is 4.72. The Hall–Kier alpha value is -1.51. The molecule has 2 aliphatic rings. The first kappa shape index (κ1) is 12.5. The number of benzene rings is 1. The van der Waals surface area contributed by atoms with Gasteiger partial charge in [0.25, 0.3) is 0 Å². The minimum Gasteiger partial charge on any atom is -0.384 e. The Morgan fingerprint density at radius 1 is 1.37 bits per heavy atom.